The normalized spacial score (nSPS) is 17.1. The van der Waals surface area contributed by atoms with Crippen molar-refractivity contribution in [2.75, 3.05) is 34.5 Å². The Hall–Kier alpha value is -3.84. The number of aromatic nitrogens is 1. The maximum atomic E-state index is 14.7. The minimum absolute atomic E-state index is 0.00466. The highest BCUT2D eigenvalue weighted by Crippen LogP contribution is 2.33. The molecule has 2 amide bonds. The van der Waals surface area contributed by atoms with Crippen LogP contribution in [0.5, 0.6) is 11.5 Å². The lowest BCUT2D eigenvalue weighted by Gasteiger charge is -2.22. The van der Waals surface area contributed by atoms with Gasteiger partial charge in [-0.3, -0.25) is 9.59 Å². The molecular weight excluding hydrogens is 448 g/mol. The summed E-state index contributed by atoms with van der Waals surface area (Å²) in [7, 11) is 4.01. The van der Waals surface area contributed by atoms with E-state index in [1.54, 1.807) is 18.1 Å². The van der Waals surface area contributed by atoms with Gasteiger partial charge < -0.3 is 29.8 Å². The van der Waals surface area contributed by atoms with Gasteiger partial charge in [0, 0.05) is 31.3 Å². The second-order valence-corrected chi connectivity index (χ2v) is 7.65. The average molecular weight is 473 g/mol. The number of primary amides is 1. The highest BCUT2D eigenvalue weighted by Gasteiger charge is 2.36. The third-order valence-electron chi connectivity index (χ3n) is 5.65. The summed E-state index contributed by atoms with van der Waals surface area (Å²) in [5, 5.41) is 0. The van der Waals surface area contributed by atoms with Crippen molar-refractivity contribution < 1.29 is 32.6 Å². The first-order valence-corrected chi connectivity index (χ1v) is 10.3. The number of nitrogens with two attached hydrogens (primary N) is 1. The molecule has 1 aromatic heterocycles. The summed E-state index contributed by atoms with van der Waals surface area (Å²) in [6.07, 6.45) is 1.80. The number of ether oxygens (including phenoxy) is 3. The van der Waals surface area contributed by atoms with Crippen LogP contribution < -0.4 is 15.2 Å². The van der Waals surface area contributed by atoms with Crippen LogP contribution >= 0.6 is 0 Å². The second-order valence-electron chi connectivity index (χ2n) is 7.65. The van der Waals surface area contributed by atoms with Crippen molar-refractivity contribution in [2.45, 2.75) is 18.4 Å². The number of carbonyl (C=O) groups is 2. The Morgan fingerprint density at radius 2 is 1.85 bits per heavy atom. The molecule has 180 valence electrons. The molecule has 8 nitrogen and oxygen atoms in total. The zero-order chi connectivity index (χ0) is 25.0. The molecule has 10 heteroatoms. The van der Waals surface area contributed by atoms with Gasteiger partial charge in [0.05, 0.1) is 32.4 Å². The highest BCUT2D eigenvalue weighted by molar-refractivity contribution is 5.94. The molecular formula is C24H25F2N3O5. The number of amides is 2. The average Bonchev–Trinajstić information content (AvgIpc) is 3.43. The first-order chi connectivity index (χ1) is 16.2. The third-order valence-corrected chi connectivity index (χ3v) is 5.65. The van der Waals surface area contributed by atoms with Gasteiger partial charge in [0.2, 0.25) is 5.91 Å². The molecule has 34 heavy (non-hydrogen) atoms. The van der Waals surface area contributed by atoms with E-state index in [0.717, 1.165) is 6.07 Å². The van der Waals surface area contributed by atoms with Crippen molar-refractivity contribution in [3.63, 3.8) is 0 Å². The van der Waals surface area contributed by atoms with E-state index in [1.165, 1.54) is 20.3 Å². The molecule has 2 atom stereocenters. The molecule has 0 spiro atoms. The smallest absolute Gasteiger partial charge is 0.266 e. The maximum Gasteiger partial charge on any atom is 0.266 e. The number of nitrogens with one attached hydrogen (secondary N) is 1. The highest BCUT2D eigenvalue weighted by atomic mass is 19.1. The summed E-state index contributed by atoms with van der Waals surface area (Å²) in [6.45, 7) is 4.23. The summed E-state index contributed by atoms with van der Waals surface area (Å²) >= 11 is 0. The van der Waals surface area contributed by atoms with Gasteiger partial charge in [0.25, 0.3) is 5.91 Å². The Labute approximate surface area is 195 Å². The van der Waals surface area contributed by atoms with Gasteiger partial charge in [-0.25, -0.2) is 8.78 Å². The van der Waals surface area contributed by atoms with Crippen LogP contribution in [0.4, 0.5) is 8.78 Å². The van der Waals surface area contributed by atoms with Gasteiger partial charge in [-0.15, -0.1) is 0 Å². The predicted molar refractivity (Wildman–Crippen MR) is 120 cm³/mol. The maximum absolute atomic E-state index is 14.7. The Morgan fingerprint density at radius 1 is 1.21 bits per heavy atom. The number of hydrogen-bond acceptors (Lipinski definition) is 5. The number of likely N-dealkylation sites (tertiary alicyclic amines) is 1. The van der Waals surface area contributed by atoms with Gasteiger partial charge in [-0.05, 0) is 18.6 Å². The lowest BCUT2D eigenvalue weighted by atomic mass is 10.0. The lowest BCUT2D eigenvalue weighted by Crippen LogP contribution is -2.37. The van der Waals surface area contributed by atoms with Crippen LogP contribution in [0.15, 0.2) is 24.8 Å². The molecule has 0 unspecified atom stereocenters. The van der Waals surface area contributed by atoms with E-state index in [9.17, 15) is 18.4 Å². The van der Waals surface area contributed by atoms with Crippen molar-refractivity contribution in [3.05, 3.63) is 58.9 Å². The Balaban J connectivity index is 2.01. The second kappa shape index (κ2) is 10.4. The zero-order valence-corrected chi connectivity index (χ0v) is 19.0. The number of nitrogens with zero attached hydrogens (tertiary/aromatic N) is 1. The fraction of sp³-hybridized carbons (Fsp3) is 0.333. The van der Waals surface area contributed by atoms with Gasteiger partial charge in [0.15, 0.2) is 23.1 Å². The minimum Gasteiger partial charge on any atom is -0.493 e. The molecule has 2 aromatic rings. The predicted octanol–water partition coefficient (Wildman–Crippen LogP) is 2.33. The Bertz CT molecular complexity index is 1150. The van der Waals surface area contributed by atoms with E-state index in [-0.39, 0.29) is 40.6 Å². The molecule has 1 aliphatic heterocycles. The molecule has 1 saturated heterocycles. The van der Waals surface area contributed by atoms with Gasteiger partial charge in [-0.2, -0.15) is 0 Å². The molecule has 2 heterocycles. The van der Waals surface area contributed by atoms with Crippen LogP contribution in [0.25, 0.3) is 0 Å². The van der Waals surface area contributed by atoms with E-state index in [2.05, 4.69) is 23.4 Å². The molecule has 0 radical (unpaired) electrons. The largest absolute Gasteiger partial charge is 0.493 e. The molecule has 3 rings (SSSR count). The van der Waals surface area contributed by atoms with Crippen molar-refractivity contribution >= 4 is 11.8 Å². The number of hydrogen-bond donors (Lipinski definition) is 2. The first-order valence-electron chi connectivity index (χ1n) is 10.3. The first kappa shape index (κ1) is 24.8. The van der Waals surface area contributed by atoms with E-state index in [1.807, 2.05) is 0 Å². The van der Waals surface area contributed by atoms with Crippen LogP contribution in [0, 0.1) is 23.5 Å². The fourth-order valence-electron chi connectivity index (χ4n) is 3.99. The van der Waals surface area contributed by atoms with E-state index < -0.39 is 23.1 Å². The topological polar surface area (TPSA) is 107 Å². The summed E-state index contributed by atoms with van der Waals surface area (Å²) in [5.41, 5.74) is 5.70. The number of H-pyrrole nitrogens is 1. The fourth-order valence-corrected chi connectivity index (χ4v) is 3.99. The molecule has 0 bridgehead atoms. The van der Waals surface area contributed by atoms with E-state index in [0.29, 0.717) is 25.3 Å². The lowest BCUT2D eigenvalue weighted by molar-refractivity contribution is -0.127. The third kappa shape index (κ3) is 4.75. The van der Waals surface area contributed by atoms with Crippen molar-refractivity contribution in [3.8, 4) is 23.3 Å². The summed E-state index contributed by atoms with van der Waals surface area (Å²) in [6, 6.07) is 2.49. The number of benzene rings is 1. The van der Waals surface area contributed by atoms with Gasteiger partial charge in [-0.1, -0.05) is 18.4 Å². The molecule has 0 saturated carbocycles. The van der Waals surface area contributed by atoms with E-state index >= 15 is 0 Å². The van der Waals surface area contributed by atoms with Crippen molar-refractivity contribution in [2.24, 2.45) is 5.73 Å². The van der Waals surface area contributed by atoms with Crippen LogP contribution in [0.3, 0.4) is 0 Å². The Kier molecular flexibility index (Phi) is 7.58. The number of aromatic amines is 1. The number of carbonyl (C=O) groups excluding carboxylic acids is 2. The summed E-state index contributed by atoms with van der Waals surface area (Å²) in [4.78, 5) is 28.9. The zero-order valence-electron chi connectivity index (χ0n) is 19.0. The summed E-state index contributed by atoms with van der Waals surface area (Å²) < 4.78 is 44.4. The molecule has 1 aliphatic rings. The van der Waals surface area contributed by atoms with Crippen LogP contribution in [0.1, 0.15) is 39.6 Å². The SMILES string of the molecule is C=CC(=O)N1C[C@@H](c2cc(C#Cc3c(F)c(OC)cc(OC)c3F)c(C(N)=O)[nH]2)C[C@@H]1COC. The number of methoxy groups -OCH3 is 3. The quantitative estimate of drug-likeness (QED) is 0.474. The van der Waals surface area contributed by atoms with Crippen LogP contribution in [0.2, 0.25) is 0 Å². The molecule has 3 N–H and O–H groups in total. The number of halogens is 2. The van der Waals surface area contributed by atoms with E-state index in [4.69, 9.17) is 19.9 Å². The standard InChI is InChI=1S/C24H25F2N3O5/c1-5-20(30)29-11-14(8-15(29)12-32-2)17-9-13(23(28-17)24(27)31)6-7-16-21(25)18(33-3)10-19(34-4)22(16)26/h5,9-10,14-15,28H,1,8,11-12H2,2-4H3,(H2,27,31)/t14-,15+/m0/s1. The minimum atomic E-state index is -0.999. The monoisotopic (exact) mass is 473 g/mol. The van der Waals surface area contributed by atoms with Crippen LogP contribution in [-0.2, 0) is 9.53 Å². The van der Waals surface area contributed by atoms with Crippen LogP contribution in [-0.4, -0.2) is 62.2 Å². The van der Waals surface area contributed by atoms with Gasteiger partial charge >= 0.3 is 0 Å². The molecule has 1 aromatic carbocycles. The van der Waals surface area contributed by atoms with Crippen molar-refractivity contribution in [1.29, 1.82) is 0 Å². The number of rotatable bonds is 7. The Morgan fingerprint density at radius 3 is 2.38 bits per heavy atom. The molecule has 0 aliphatic carbocycles. The van der Waals surface area contributed by atoms with Gasteiger partial charge in [0.1, 0.15) is 11.3 Å². The molecule has 1 fully saturated rings. The van der Waals surface area contributed by atoms with Crippen molar-refractivity contribution in [1.82, 2.24) is 9.88 Å². The summed E-state index contributed by atoms with van der Waals surface area (Å²) in [5.74, 6) is 1.39.